The van der Waals surface area contributed by atoms with Gasteiger partial charge < -0.3 is 0 Å². The van der Waals surface area contributed by atoms with Gasteiger partial charge in [0.2, 0.25) is 0 Å². The molecule has 0 spiro atoms. The number of halogens is 1. The third kappa shape index (κ3) is 3.13. The molecule has 0 heterocycles. The Morgan fingerprint density at radius 2 is 1.85 bits per heavy atom. The van der Waals surface area contributed by atoms with Crippen LogP contribution in [0, 0.1) is 17.8 Å². The van der Waals surface area contributed by atoms with Gasteiger partial charge in [-0.05, 0) is 38.0 Å². The van der Waals surface area contributed by atoms with E-state index in [0.717, 1.165) is 11.4 Å². The van der Waals surface area contributed by atoms with Crippen LogP contribution in [-0.2, 0) is 6.42 Å². The van der Waals surface area contributed by atoms with Gasteiger partial charge in [-0.3, -0.25) is 0 Å². The van der Waals surface area contributed by atoms with Crippen LogP contribution in [0.4, 0.5) is 0 Å². The molecule has 0 aliphatic carbocycles. The van der Waals surface area contributed by atoms with Crippen molar-refractivity contribution in [3.8, 4) is 12.3 Å². The molecule has 13 heavy (non-hydrogen) atoms. The molecule has 1 aromatic rings. The van der Waals surface area contributed by atoms with Gasteiger partial charge in [-0.1, -0.05) is 23.7 Å². The first-order valence-corrected chi connectivity index (χ1v) is 4.63. The van der Waals surface area contributed by atoms with E-state index in [1.807, 2.05) is 24.3 Å². The van der Waals surface area contributed by atoms with Crippen molar-refractivity contribution in [2.24, 2.45) is 5.41 Å². The van der Waals surface area contributed by atoms with Gasteiger partial charge in [-0.25, -0.2) is 0 Å². The quantitative estimate of drug-likeness (QED) is 0.629. The molecule has 1 aromatic carbocycles. The fourth-order valence-corrected chi connectivity index (χ4v) is 1.29. The van der Waals surface area contributed by atoms with E-state index in [-0.39, 0.29) is 5.41 Å². The van der Waals surface area contributed by atoms with Crippen molar-refractivity contribution in [1.29, 1.82) is 0 Å². The smallest absolute Gasteiger partial charge is 0.0406 e. The Morgan fingerprint density at radius 1 is 1.31 bits per heavy atom. The van der Waals surface area contributed by atoms with Gasteiger partial charge in [0.05, 0.1) is 0 Å². The van der Waals surface area contributed by atoms with E-state index in [1.54, 1.807) is 0 Å². The summed E-state index contributed by atoms with van der Waals surface area (Å²) in [4.78, 5) is 0. The van der Waals surface area contributed by atoms with Crippen LogP contribution in [0.5, 0.6) is 0 Å². The lowest BCUT2D eigenvalue weighted by atomic mass is 9.87. The van der Waals surface area contributed by atoms with E-state index in [1.165, 1.54) is 5.56 Å². The number of hydrogen-bond donors (Lipinski definition) is 0. The molecule has 0 aromatic heterocycles. The zero-order chi connectivity index (χ0) is 9.90. The molecule has 0 aliphatic heterocycles. The first-order valence-electron chi connectivity index (χ1n) is 4.26. The number of terminal acetylenes is 1. The summed E-state index contributed by atoms with van der Waals surface area (Å²) in [5.74, 6) is 2.77. The fourth-order valence-electron chi connectivity index (χ4n) is 1.16. The molecule has 0 fully saturated rings. The van der Waals surface area contributed by atoms with Crippen LogP contribution < -0.4 is 0 Å². The van der Waals surface area contributed by atoms with Crippen LogP contribution >= 0.6 is 11.6 Å². The zero-order valence-corrected chi connectivity index (χ0v) is 8.73. The highest BCUT2D eigenvalue weighted by atomic mass is 35.5. The highest BCUT2D eigenvalue weighted by Gasteiger charge is 2.14. The summed E-state index contributed by atoms with van der Waals surface area (Å²) in [5.41, 5.74) is 1.15. The van der Waals surface area contributed by atoms with Crippen LogP contribution in [0.25, 0.3) is 0 Å². The molecule has 0 radical (unpaired) electrons. The first kappa shape index (κ1) is 10.2. The Kier molecular flexibility index (Phi) is 3.01. The summed E-state index contributed by atoms with van der Waals surface area (Å²) in [6.07, 6.45) is 6.30. The summed E-state index contributed by atoms with van der Waals surface area (Å²) >= 11 is 5.78. The normalized spacial score (nSPS) is 10.9. The minimum absolute atomic E-state index is 0.0756. The van der Waals surface area contributed by atoms with E-state index < -0.39 is 0 Å². The van der Waals surface area contributed by atoms with Gasteiger partial charge in [-0.15, -0.1) is 12.3 Å². The molecule has 0 saturated heterocycles. The molecule has 0 N–H and O–H groups in total. The van der Waals surface area contributed by atoms with Gasteiger partial charge in [0, 0.05) is 10.4 Å². The predicted octanol–water partition coefficient (Wildman–Crippen LogP) is 3.54. The van der Waals surface area contributed by atoms with Crippen molar-refractivity contribution < 1.29 is 0 Å². The predicted molar refractivity (Wildman–Crippen MR) is 57.8 cm³/mol. The van der Waals surface area contributed by atoms with Crippen molar-refractivity contribution >= 4 is 11.6 Å². The monoisotopic (exact) mass is 192 g/mol. The maximum Gasteiger partial charge on any atom is 0.0406 e. The molecular weight excluding hydrogens is 180 g/mol. The molecule has 0 nitrogen and oxygen atoms in total. The highest BCUT2D eigenvalue weighted by molar-refractivity contribution is 6.30. The van der Waals surface area contributed by atoms with Gasteiger partial charge >= 0.3 is 0 Å². The van der Waals surface area contributed by atoms with Crippen molar-refractivity contribution in [2.45, 2.75) is 20.3 Å². The maximum absolute atomic E-state index is 5.78. The fraction of sp³-hybridized carbons (Fsp3) is 0.333. The van der Waals surface area contributed by atoms with Crippen molar-refractivity contribution in [3.63, 3.8) is 0 Å². The zero-order valence-electron chi connectivity index (χ0n) is 7.97. The lowest BCUT2D eigenvalue weighted by Crippen LogP contribution is -2.11. The highest BCUT2D eigenvalue weighted by Crippen LogP contribution is 2.21. The number of benzene rings is 1. The van der Waals surface area contributed by atoms with E-state index in [9.17, 15) is 0 Å². The first-order chi connectivity index (χ1) is 6.03. The summed E-state index contributed by atoms with van der Waals surface area (Å²) in [5, 5.41) is 0.766. The molecule has 1 rings (SSSR count). The maximum atomic E-state index is 5.78. The van der Waals surface area contributed by atoms with Gasteiger partial charge in [0.1, 0.15) is 0 Å². The topological polar surface area (TPSA) is 0 Å². The van der Waals surface area contributed by atoms with Crippen LogP contribution in [0.1, 0.15) is 19.4 Å². The molecule has 0 bridgehead atoms. The third-order valence-corrected chi connectivity index (χ3v) is 2.20. The largest absolute Gasteiger partial charge is 0.120 e. The number of hydrogen-bond acceptors (Lipinski definition) is 0. The lowest BCUT2D eigenvalue weighted by molar-refractivity contribution is 0.501. The summed E-state index contributed by atoms with van der Waals surface area (Å²) < 4.78 is 0. The SMILES string of the molecule is C#CC(C)(C)Cc1ccc(Cl)cc1. The molecule has 0 unspecified atom stereocenters. The number of rotatable bonds is 2. The Hall–Kier alpha value is -0.930. The second-order valence-electron chi connectivity index (χ2n) is 3.83. The van der Waals surface area contributed by atoms with Crippen LogP contribution in [0.15, 0.2) is 24.3 Å². The molecule has 0 atom stereocenters. The second kappa shape index (κ2) is 3.85. The van der Waals surface area contributed by atoms with E-state index in [2.05, 4.69) is 19.8 Å². The Bertz CT molecular complexity index is 314. The van der Waals surface area contributed by atoms with Crippen LogP contribution in [-0.4, -0.2) is 0 Å². The summed E-state index contributed by atoms with van der Waals surface area (Å²) in [6.45, 7) is 4.11. The second-order valence-corrected chi connectivity index (χ2v) is 4.27. The molecule has 1 heteroatoms. The van der Waals surface area contributed by atoms with Crippen molar-refractivity contribution in [1.82, 2.24) is 0 Å². The molecule has 0 aliphatic rings. The summed E-state index contributed by atoms with van der Waals surface area (Å²) in [6, 6.07) is 7.82. The minimum atomic E-state index is -0.0756. The molecule has 0 amide bonds. The van der Waals surface area contributed by atoms with Crippen LogP contribution in [0.2, 0.25) is 5.02 Å². The van der Waals surface area contributed by atoms with Gasteiger partial charge in [0.25, 0.3) is 0 Å². The van der Waals surface area contributed by atoms with Crippen molar-refractivity contribution in [3.05, 3.63) is 34.9 Å². The Labute approximate surface area is 84.9 Å². The average molecular weight is 193 g/mol. The lowest BCUT2D eigenvalue weighted by Gasteiger charge is -2.16. The summed E-state index contributed by atoms with van der Waals surface area (Å²) in [7, 11) is 0. The van der Waals surface area contributed by atoms with Crippen LogP contribution in [0.3, 0.4) is 0 Å². The molecule has 68 valence electrons. The Morgan fingerprint density at radius 3 is 2.31 bits per heavy atom. The van der Waals surface area contributed by atoms with Gasteiger partial charge in [-0.2, -0.15) is 0 Å². The third-order valence-electron chi connectivity index (χ3n) is 1.95. The van der Waals surface area contributed by atoms with E-state index in [0.29, 0.717) is 0 Å². The van der Waals surface area contributed by atoms with E-state index >= 15 is 0 Å². The van der Waals surface area contributed by atoms with E-state index in [4.69, 9.17) is 18.0 Å². The minimum Gasteiger partial charge on any atom is -0.120 e. The average Bonchev–Trinajstić information content (AvgIpc) is 2.09. The molecular formula is C12H13Cl. The molecule has 0 saturated carbocycles. The van der Waals surface area contributed by atoms with Crippen molar-refractivity contribution in [2.75, 3.05) is 0 Å². The Balaban J connectivity index is 2.77. The van der Waals surface area contributed by atoms with Gasteiger partial charge in [0.15, 0.2) is 0 Å². The standard InChI is InChI=1S/C12H13Cl/c1-4-12(2,3)9-10-5-7-11(13)8-6-10/h1,5-8H,9H2,2-3H3.